The van der Waals surface area contributed by atoms with Gasteiger partial charge in [0.05, 0.1) is 10.9 Å². The third-order valence-corrected chi connectivity index (χ3v) is 5.24. The molecule has 0 fully saturated rings. The molecule has 1 aliphatic carbocycles. The maximum atomic E-state index is 12.4. The summed E-state index contributed by atoms with van der Waals surface area (Å²) in [5.74, 6) is 0.0266. The molecule has 3 N–H and O–H groups in total. The van der Waals surface area contributed by atoms with Gasteiger partial charge in [-0.1, -0.05) is 12.1 Å². The summed E-state index contributed by atoms with van der Waals surface area (Å²) in [7, 11) is 0. The van der Waals surface area contributed by atoms with Gasteiger partial charge in [0.2, 0.25) is 0 Å². The van der Waals surface area contributed by atoms with Crippen molar-refractivity contribution >= 4 is 22.9 Å². The van der Waals surface area contributed by atoms with Gasteiger partial charge in [-0.05, 0) is 61.9 Å². The average molecular weight is 300 g/mol. The number of carbonyl (C=O) groups excluding carboxylic acids is 1. The van der Waals surface area contributed by atoms with E-state index in [1.165, 1.54) is 23.3 Å². The van der Waals surface area contributed by atoms with Gasteiger partial charge in [0.15, 0.2) is 0 Å². The topological polar surface area (TPSA) is 55.1 Å². The molecule has 2 aromatic rings. The molecule has 1 unspecified atom stereocenters. The Balaban J connectivity index is 1.70. The van der Waals surface area contributed by atoms with Crippen LogP contribution in [0.25, 0.3) is 0 Å². The van der Waals surface area contributed by atoms with Crippen LogP contribution < -0.4 is 11.1 Å². The lowest BCUT2D eigenvalue weighted by atomic mass is 9.99. The van der Waals surface area contributed by atoms with E-state index in [2.05, 4.69) is 11.4 Å². The number of carbonyl (C=O) groups is 1. The van der Waals surface area contributed by atoms with Crippen LogP contribution in [0.5, 0.6) is 0 Å². The lowest BCUT2D eigenvalue weighted by Gasteiger charge is -2.13. The van der Waals surface area contributed by atoms with Crippen LogP contribution in [0.15, 0.2) is 30.3 Å². The zero-order chi connectivity index (χ0) is 14.8. The van der Waals surface area contributed by atoms with E-state index in [-0.39, 0.29) is 11.9 Å². The second-order valence-electron chi connectivity index (χ2n) is 5.63. The first-order chi connectivity index (χ1) is 10.1. The maximum absolute atomic E-state index is 12.4. The summed E-state index contributed by atoms with van der Waals surface area (Å²) in [6.07, 6.45) is 4.73. The highest BCUT2D eigenvalue weighted by molar-refractivity contribution is 7.14. The van der Waals surface area contributed by atoms with Crippen LogP contribution in [-0.2, 0) is 12.8 Å². The first kappa shape index (κ1) is 14.1. The molecule has 1 aromatic heterocycles. The monoisotopic (exact) mass is 300 g/mol. The predicted octanol–water partition coefficient (Wildman–Crippen LogP) is 3.70. The summed E-state index contributed by atoms with van der Waals surface area (Å²) in [5, 5.41) is 3.07. The molecule has 0 bridgehead atoms. The molecule has 21 heavy (non-hydrogen) atoms. The predicted molar refractivity (Wildman–Crippen MR) is 87.7 cm³/mol. The van der Waals surface area contributed by atoms with Crippen molar-refractivity contribution in [1.29, 1.82) is 0 Å². The molecule has 3 nitrogen and oxygen atoms in total. The fourth-order valence-corrected chi connectivity index (χ4v) is 3.90. The van der Waals surface area contributed by atoms with Crippen molar-refractivity contribution in [3.63, 3.8) is 0 Å². The maximum Gasteiger partial charge on any atom is 0.261 e. The number of thiophene rings is 1. The van der Waals surface area contributed by atoms with Crippen molar-refractivity contribution in [3.05, 3.63) is 51.2 Å². The van der Waals surface area contributed by atoms with Gasteiger partial charge in [-0.3, -0.25) is 4.79 Å². The SMILES string of the molecule is CC(NC(=O)c1cc2c(s1)CCCC2)c1ccc(N)cc1. The summed E-state index contributed by atoms with van der Waals surface area (Å²) in [4.78, 5) is 14.6. The molecule has 0 spiro atoms. The van der Waals surface area contributed by atoms with Gasteiger partial charge in [0.25, 0.3) is 5.91 Å². The number of nitrogen functional groups attached to an aromatic ring is 1. The van der Waals surface area contributed by atoms with Crippen molar-refractivity contribution in [3.8, 4) is 0 Å². The first-order valence-electron chi connectivity index (χ1n) is 7.41. The minimum absolute atomic E-state index is 0.0165. The summed E-state index contributed by atoms with van der Waals surface area (Å²) in [6, 6.07) is 9.70. The van der Waals surface area contributed by atoms with E-state index < -0.39 is 0 Å². The van der Waals surface area contributed by atoms with Crippen molar-refractivity contribution in [2.45, 2.75) is 38.6 Å². The van der Waals surface area contributed by atoms with Crippen LogP contribution >= 0.6 is 11.3 Å². The number of fused-ring (bicyclic) bond motifs is 1. The molecular formula is C17H20N2OS. The molecule has 0 radical (unpaired) electrons. The van der Waals surface area contributed by atoms with Gasteiger partial charge in [-0.15, -0.1) is 11.3 Å². The Hall–Kier alpha value is -1.81. The molecule has 3 rings (SSSR count). The Morgan fingerprint density at radius 3 is 2.67 bits per heavy atom. The lowest BCUT2D eigenvalue weighted by Crippen LogP contribution is -2.25. The number of hydrogen-bond acceptors (Lipinski definition) is 3. The number of amides is 1. The number of rotatable bonds is 3. The fraction of sp³-hybridized carbons (Fsp3) is 0.353. The number of nitrogens with one attached hydrogen (secondary N) is 1. The van der Waals surface area contributed by atoms with Crippen LogP contribution in [-0.4, -0.2) is 5.91 Å². The highest BCUT2D eigenvalue weighted by atomic mass is 32.1. The van der Waals surface area contributed by atoms with Gasteiger partial charge in [0, 0.05) is 10.6 Å². The molecule has 0 aliphatic heterocycles. The van der Waals surface area contributed by atoms with E-state index in [1.54, 1.807) is 11.3 Å². The number of hydrogen-bond donors (Lipinski definition) is 2. The molecule has 1 atom stereocenters. The van der Waals surface area contributed by atoms with Crippen molar-refractivity contribution < 1.29 is 4.79 Å². The standard InChI is InChI=1S/C17H20N2OS/c1-11(12-6-8-14(18)9-7-12)19-17(20)16-10-13-4-2-3-5-15(13)21-16/h6-11H,2-5,18H2,1H3,(H,19,20). The van der Waals surface area contributed by atoms with E-state index in [1.807, 2.05) is 31.2 Å². The van der Waals surface area contributed by atoms with Crippen LogP contribution in [0, 0.1) is 0 Å². The lowest BCUT2D eigenvalue weighted by molar-refractivity contribution is 0.0944. The average Bonchev–Trinajstić information content (AvgIpc) is 2.92. The molecule has 110 valence electrons. The van der Waals surface area contributed by atoms with Gasteiger partial charge in [-0.25, -0.2) is 0 Å². The summed E-state index contributed by atoms with van der Waals surface area (Å²) in [6.45, 7) is 2.00. The molecule has 0 saturated heterocycles. The number of aryl methyl sites for hydroxylation is 2. The molecule has 4 heteroatoms. The molecule has 1 amide bonds. The highest BCUT2D eigenvalue weighted by Crippen LogP contribution is 2.30. The van der Waals surface area contributed by atoms with Crippen molar-refractivity contribution in [2.75, 3.05) is 5.73 Å². The Bertz CT molecular complexity index is 622. The molecule has 1 aliphatic rings. The van der Waals surface area contributed by atoms with Gasteiger partial charge in [-0.2, -0.15) is 0 Å². The van der Waals surface area contributed by atoms with Crippen LogP contribution in [0.1, 0.15) is 51.5 Å². The van der Waals surface area contributed by atoms with Crippen LogP contribution in [0.4, 0.5) is 5.69 Å². The minimum atomic E-state index is -0.0165. The second-order valence-corrected chi connectivity index (χ2v) is 6.76. The zero-order valence-corrected chi connectivity index (χ0v) is 13.0. The number of nitrogens with two attached hydrogens (primary N) is 1. The Morgan fingerprint density at radius 2 is 1.95 bits per heavy atom. The normalized spacial score (nSPS) is 15.3. The highest BCUT2D eigenvalue weighted by Gasteiger charge is 2.18. The van der Waals surface area contributed by atoms with E-state index in [4.69, 9.17) is 5.73 Å². The van der Waals surface area contributed by atoms with Gasteiger partial charge < -0.3 is 11.1 Å². The largest absolute Gasteiger partial charge is 0.399 e. The second kappa shape index (κ2) is 5.90. The van der Waals surface area contributed by atoms with Crippen LogP contribution in [0.2, 0.25) is 0 Å². The number of benzene rings is 1. The molecular weight excluding hydrogens is 280 g/mol. The van der Waals surface area contributed by atoms with Crippen molar-refractivity contribution in [1.82, 2.24) is 5.32 Å². The Kier molecular flexibility index (Phi) is 3.97. The number of anilines is 1. The van der Waals surface area contributed by atoms with E-state index >= 15 is 0 Å². The smallest absolute Gasteiger partial charge is 0.261 e. The fourth-order valence-electron chi connectivity index (χ4n) is 2.74. The first-order valence-corrected chi connectivity index (χ1v) is 8.23. The van der Waals surface area contributed by atoms with Crippen LogP contribution in [0.3, 0.4) is 0 Å². The summed E-state index contributed by atoms with van der Waals surface area (Å²) < 4.78 is 0. The van der Waals surface area contributed by atoms with Gasteiger partial charge in [0.1, 0.15) is 0 Å². The molecule has 1 heterocycles. The van der Waals surface area contributed by atoms with E-state index in [0.717, 1.165) is 29.0 Å². The quantitative estimate of drug-likeness (QED) is 0.849. The van der Waals surface area contributed by atoms with E-state index in [9.17, 15) is 4.79 Å². The third kappa shape index (κ3) is 3.10. The Labute approximate surface area is 129 Å². The summed E-state index contributed by atoms with van der Waals surface area (Å²) in [5.41, 5.74) is 8.87. The van der Waals surface area contributed by atoms with Crippen molar-refractivity contribution in [2.24, 2.45) is 0 Å². The zero-order valence-electron chi connectivity index (χ0n) is 12.2. The molecule has 0 saturated carbocycles. The third-order valence-electron chi connectivity index (χ3n) is 4.00. The minimum Gasteiger partial charge on any atom is -0.399 e. The Morgan fingerprint density at radius 1 is 1.24 bits per heavy atom. The van der Waals surface area contributed by atoms with Gasteiger partial charge >= 0.3 is 0 Å². The molecule has 1 aromatic carbocycles. The summed E-state index contributed by atoms with van der Waals surface area (Å²) >= 11 is 1.65. The van der Waals surface area contributed by atoms with E-state index in [0.29, 0.717) is 0 Å².